The third kappa shape index (κ3) is 4.23. The minimum absolute atomic E-state index is 0.00856. The normalized spacial score (nSPS) is 13.2. The first kappa shape index (κ1) is 18.0. The summed E-state index contributed by atoms with van der Waals surface area (Å²) in [7, 11) is 0. The van der Waals surface area contributed by atoms with Crippen LogP contribution in [-0.4, -0.2) is 12.0 Å². The quantitative estimate of drug-likeness (QED) is 0.667. The molecule has 134 valence electrons. The Morgan fingerprint density at radius 1 is 1.00 bits per heavy atom. The molecule has 0 aliphatic carbocycles. The Morgan fingerprint density at radius 3 is 2.38 bits per heavy atom. The van der Waals surface area contributed by atoms with Crippen molar-refractivity contribution < 1.29 is 9.53 Å². The molecule has 0 aliphatic heterocycles. The molecule has 3 nitrogen and oxygen atoms in total. The SMILES string of the molecule is CCC(NC(=O)C(C)Oc1ccc2ccccc2c1)c1ccc(C)cc1. The molecule has 0 aliphatic rings. The lowest BCUT2D eigenvalue weighted by molar-refractivity contribution is -0.128. The summed E-state index contributed by atoms with van der Waals surface area (Å²) in [6.45, 7) is 5.91. The number of amides is 1. The monoisotopic (exact) mass is 347 g/mol. The van der Waals surface area contributed by atoms with Gasteiger partial charge in [-0.25, -0.2) is 0 Å². The van der Waals surface area contributed by atoms with E-state index in [1.54, 1.807) is 6.92 Å². The van der Waals surface area contributed by atoms with Crippen molar-refractivity contribution in [3.8, 4) is 5.75 Å². The highest BCUT2D eigenvalue weighted by Crippen LogP contribution is 2.22. The number of benzene rings is 3. The summed E-state index contributed by atoms with van der Waals surface area (Å²) in [5, 5.41) is 5.35. The molecule has 0 saturated heterocycles. The Morgan fingerprint density at radius 2 is 1.69 bits per heavy atom. The van der Waals surface area contributed by atoms with Crippen LogP contribution in [0.3, 0.4) is 0 Å². The molecule has 0 saturated carbocycles. The molecule has 0 aromatic heterocycles. The van der Waals surface area contributed by atoms with Crippen molar-refractivity contribution in [3.05, 3.63) is 77.9 Å². The van der Waals surface area contributed by atoms with Crippen LogP contribution in [0.4, 0.5) is 0 Å². The van der Waals surface area contributed by atoms with Crippen LogP contribution < -0.4 is 10.1 Å². The minimum atomic E-state index is -0.560. The van der Waals surface area contributed by atoms with Gasteiger partial charge in [0.1, 0.15) is 5.75 Å². The molecule has 0 bridgehead atoms. The Balaban J connectivity index is 1.66. The molecule has 3 aromatic carbocycles. The molecule has 3 aromatic rings. The zero-order valence-corrected chi connectivity index (χ0v) is 15.5. The molecule has 3 heteroatoms. The van der Waals surface area contributed by atoms with Crippen molar-refractivity contribution in [1.29, 1.82) is 0 Å². The van der Waals surface area contributed by atoms with Gasteiger partial charge in [-0.05, 0) is 48.7 Å². The lowest BCUT2D eigenvalue weighted by Crippen LogP contribution is -2.38. The maximum atomic E-state index is 12.6. The molecule has 0 spiro atoms. The number of rotatable bonds is 6. The van der Waals surface area contributed by atoms with Gasteiger partial charge >= 0.3 is 0 Å². The van der Waals surface area contributed by atoms with E-state index in [-0.39, 0.29) is 11.9 Å². The van der Waals surface area contributed by atoms with E-state index in [1.165, 1.54) is 5.56 Å². The second kappa shape index (κ2) is 8.05. The van der Waals surface area contributed by atoms with Crippen molar-refractivity contribution in [2.45, 2.75) is 39.3 Å². The van der Waals surface area contributed by atoms with Gasteiger partial charge < -0.3 is 10.1 Å². The fourth-order valence-corrected chi connectivity index (χ4v) is 3.01. The topological polar surface area (TPSA) is 38.3 Å². The first-order chi connectivity index (χ1) is 12.6. The number of carbonyl (C=O) groups is 1. The third-order valence-corrected chi connectivity index (χ3v) is 4.61. The summed E-state index contributed by atoms with van der Waals surface area (Å²) in [4.78, 5) is 12.6. The van der Waals surface area contributed by atoms with Gasteiger partial charge in [0.2, 0.25) is 0 Å². The van der Waals surface area contributed by atoms with E-state index in [0.717, 1.165) is 22.8 Å². The smallest absolute Gasteiger partial charge is 0.261 e. The Labute approximate surface area is 155 Å². The minimum Gasteiger partial charge on any atom is -0.481 e. The Bertz CT molecular complexity index is 886. The second-order valence-electron chi connectivity index (χ2n) is 6.65. The van der Waals surface area contributed by atoms with Crippen LogP contribution in [0.5, 0.6) is 5.75 Å². The number of aryl methyl sites for hydroxylation is 1. The van der Waals surface area contributed by atoms with Crippen LogP contribution in [0.1, 0.15) is 37.4 Å². The van der Waals surface area contributed by atoms with Gasteiger partial charge in [-0.1, -0.05) is 67.1 Å². The van der Waals surface area contributed by atoms with Crippen LogP contribution in [0.2, 0.25) is 0 Å². The lowest BCUT2D eigenvalue weighted by atomic mass is 10.0. The average Bonchev–Trinajstić information content (AvgIpc) is 2.66. The van der Waals surface area contributed by atoms with Crippen molar-refractivity contribution in [1.82, 2.24) is 5.32 Å². The summed E-state index contributed by atoms with van der Waals surface area (Å²) in [5.41, 5.74) is 2.33. The zero-order chi connectivity index (χ0) is 18.5. The molecule has 3 rings (SSSR count). The van der Waals surface area contributed by atoms with E-state index in [9.17, 15) is 4.79 Å². The van der Waals surface area contributed by atoms with Gasteiger partial charge in [-0.15, -0.1) is 0 Å². The third-order valence-electron chi connectivity index (χ3n) is 4.61. The molecular weight excluding hydrogens is 322 g/mol. The van der Waals surface area contributed by atoms with E-state index in [2.05, 4.69) is 49.5 Å². The van der Waals surface area contributed by atoms with E-state index in [0.29, 0.717) is 5.75 Å². The van der Waals surface area contributed by atoms with Gasteiger partial charge in [-0.3, -0.25) is 4.79 Å². The van der Waals surface area contributed by atoms with Crippen LogP contribution in [0.25, 0.3) is 10.8 Å². The van der Waals surface area contributed by atoms with Crippen molar-refractivity contribution >= 4 is 16.7 Å². The molecule has 2 unspecified atom stereocenters. The molecule has 0 fully saturated rings. The largest absolute Gasteiger partial charge is 0.481 e. The summed E-state index contributed by atoms with van der Waals surface area (Å²) in [6.07, 6.45) is 0.271. The fraction of sp³-hybridized carbons (Fsp3) is 0.261. The predicted octanol–water partition coefficient (Wildman–Crippen LogP) is 5.18. The van der Waals surface area contributed by atoms with Crippen molar-refractivity contribution in [3.63, 3.8) is 0 Å². The van der Waals surface area contributed by atoms with Crippen LogP contribution >= 0.6 is 0 Å². The van der Waals surface area contributed by atoms with Gasteiger partial charge in [0.25, 0.3) is 5.91 Å². The molecular formula is C23H25NO2. The van der Waals surface area contributed by atoms with Crippen molar-refractivity contribution in [2.75, 3.05) is 0 Å². The highest BCUT2D eigenvalue weighted by Gasteiger charge is 2.19. The Kier molecular flexibility index (Phi) is 5.57. The van der Waals surface area contributed by atoms with E-state index < -0.39 is 6.10 Å². The van der Waals surface area contributed by atoms with E-state index >= 15 is 0 Å². The number of nitrogens with one attached hydrogen (secondary N) is 1. The molecule has 0 heterocycles. The van der Waals surface area contributed by atoms with Crippen molar-refractivity contribution in [2.24, 2.45) is 0 Å². The van der Waals surface area contributed by atoms with E-state index in [1.807, 2.05) is 36.4 Å². The lowest BCUT2D eigenvalue weighted by Gasteiger charge is -2.21. The van der Waals surface area contributed by atoms with Gasteiger partial charge in [0.05, 0.1) is 6.04 Å². The maximum Gasteiger partial charge on any atom is 0.261 e. The summed E-state index contributed by atoms with van der Waals surface area (Å²) >= 11 is 0. The average molecular weight is 347 g/mol. The number of fused-ring (bicyclic) bond motifs is 1. The number of ether oxygens (including phenoxy) is 1. The predicted molar refractivity (Wildman–Crippen MR) is 106 cm³/mol. The van der Waals surface area contributed by atoms with Crippen LogP contribution in [-0.2, 0) is 4.79 Å². The maximum absolute atomic E-state index is 12.6. The second-order valence-corrected chi connectivity index (χ2v) is 6.65. The highest BCUT2D eigenvalue weighted by atomic mass is 16.5. The molecule has 2 atom stereocenters. The van der Waals surface area contributed by atoms with Crippen LogP contribution in [0.15, 0.2) is 66.7 Å². The number of hydrogen-bond acceptors (Lipinski definition) is 2. The first-order valence-corrected chi connectivity index (χ1v) is 9.09. The molecule has 1 N–H and O–H groups in total. The summed E-state index contributed by atoms with van der Waals surface area (Å²) < 4.78 is 5.87. The first-order valence-electron chi connectivity index (χ1n) is 9.09. The Hall–Kier alpha value is -2.81. The van der Waals surface area contributed by atoms with E-state index in [4.69, 9.17) is 4.74 Å². The summed E-state index contributed by atoms with van der Waals surface area (Å²) in [5.74, 6) is 0.598. The van der Waals surface area contributed by atoms with Gasteiger partial charge in [-0.2, -0.15) is 0 Å². The molecule has 26 heavy (non-hydrogen) atoms. The summed E-state index contributed by atoms with van der Waals surface area (Å²) in [6, 6.07) is 22.3. The molecule has 0 radical (unpaired) electrons. The van der Waals surface area contributed by atoms with Gasteiger partial charge in [0, 0.05) is 0 Å². The number of hydrogen-bond donors (Lipinski definition) is 1. The highest BCUT2D eigenvalue weighted by molar-refractivity contribution is 5.84. The van der Waals surface area contributed by atoms with Gasteiger partial charge in [0.15, 0.2) is 6.10 Å². The number of carbonyl (C=O) groups excluding carboxylic acids is 1. The molecule has 1 amide bonds. The fourth-order valence-electron chi connectivity index (χ4n) is 3.01. The zero-order valence-electron chi connectivity index (χ0n) is 15.5. The standard InChI is InChI=1S/C23H25NO2/c1-4-22(19-11-9-16(2)10-12-19)24-23(25)17(3)26-21-14-13-18-7-5-6-8-20(18)15-21/h5-15,17,22H,4H2,1-3H3,(H,24,25). The van der Waals surface area contributed by atoms with Crippen LogP contribution in [0, 0.1) is 6.92 Å².